The topological polar surface area (TPSA) is 46.9 Å². The van der Waals surface area contributed by atoms with E-state index in [1.807, 2.05) is 4.57 Å². The zero-order chi connectivity index (χ0) is 18.3. The minimum absolute atomic E-state index is 0.114. The van der Waals surface area contributed by atoms with Crippen molar-refractivity contribution in [2.75, 3.05) is 5.32 Å². The Balaban J connectivity index is 1.86. The molecule has 1 aliphatic rings. The Labute approximate surface area is 157 Å². The van der Waals surface area contributed by atoms with Gasteiger partial charge in [0.05, 0.1) is 5.39 Å². The van der Waals surface area contributed by atoms with Crippen LogP contribution in [0.25, 0.3) is 10.2 Å². The van der Waals surface area contributed by atoms with E-state index in [-0.39, 0.29) is 5.56 Å². The first-order valence-electron chi connectivity index (χ1n) is 9.48. The second-order valence-electron chi connectivity index (χ2n) is 7.21. The number of hydrogen-bond acceptors (Lipinski definition) is 4. The van der Waals surface area contributed by atoms with Gasteiger partial charge < -0.3 is 5.32 Å². The van der Waals surface area contributed by atoms with Crippen LogP contribution in [0.15, 0.2) is 23.0 Å². The number of nitrogens with zero attached hydrogens (tertiary/aromatic N) is 2. The minimum atomic E-state index is 0.114. The van der Waals surface area contributed by atoms with Gasteiger partial charge in [0.15, 0.2) is 0 Å². The van der Waals surface area contributed by atoms with E-state index in [0.29, 0.717) is 12.5 Å². The zero-order valence-corrected chi connectivity index (χ0v) is 16.5. The van der Waals surface area contributed by atoms with E-state index in [2.05, 4.69) is 44.3 Å². The van der Waals surface area contributed by atoms with Crippen LogP contribution in [-0.2, 0) is 19.4 Å². The van der Waals surface area contributed by atoms with Gasteiger partial charge in [0.25, 0.3) is 5.56 Å². The number of benzene rings is 1. The van der Waals surface area contributed by atoms with Crippen molar-refractivity contribution in [2.24, 2.45) is 0 Å². The van der Waals surface area contributed by atoms with Gasteiger partial charge in [-0.05, 0) is 74.8 Å². The molecule has 0 fully saturated rings. The van der Waals surface area contributed by atoms with Crippen molar-refractivity contribution < 1.29 is 0 Å². The number of thiophene rings is 1. The first kappa shape index (κ1) is 17.3. The van der Waals surface area contributed by atoms with Crippen LogP contribution in [0.4, 0.5) is 11.6 Å². The van der Waals surface area contributed by atoms with Crippen molar-refractivity contribution >= 4 is 33.2 Å². The Morgan fingerprint density at radius 2 is 2.00 bits per heavy atom. The van der Waals surface area contributed by atoms with Gasteiger partial charge in [0.1, 0.15) is 4.83 Å². The molecule has 2 heterocycles. The van der Waals surface area contributed by atoms with E-state index < -0.39 is 0 Å². The Kier molecular flexibility index (Phi) is 4.57. The van der Waals surface area contributed by atoms with Crippen LogP contribution >= 0.6 is 11.3 Å². The van der Waals surface area contributed by atoms with E-state index in [1.54, 1.807) is 11.3 Å². The molecule has 0 bridgehead atoms. The molecule has 1 aromatic carbocycles. The van der Waals surface area contributed by atoms with Gasteiger partial charge >= 0.3 is 0 Å². The molecule has 0 radical (unpaired) electrons. The maximum absolute atomic E-state index is 13.3. The SMILES string of the molecule is CCCn1c(Nc2ccc(C)c(C)c2)nc2sc3c(c2c1=O)CCCC3. The lowest BCUT2D eigenvalue weighted by molar-refractivity contribution is 0.655. The van der Waals surface area contributed by atoms with Gasteiger partial charge in [-0.25, -0.2) is 4.98 Å². The van der Waals surface area contributed by atoms with Crippen LogP contribution in [0.5, 0.6) is 0 Å². The Morgan fingerprint density at radius 1 is 1.19 bits per heavy atom. The molecule has 3 aromatic rings. The molecule has 1 N–H and O–H groups in total. The molecule has 0 aliphatic heterocycles. The monoisotopic (exact) mass is 367 g/mol. The Bertz CT molecular complexity index is 1030. The van der Waals surface area contributed by atoms with Crippen LogP contribution in [0.2, 0.25) is 0 Å². The average molecular weight is 368 g/mol. The van der Waals surface area contributed by atoms with Crippen molar-refractivity contribution in [1.82, 2.24) is 9.55 Å². The lowest BCUT2D eigenvalue weighted by Gasteiger charge is -2.15. The first-order chi connectivity index (χ1) is 12.6. The normalized spacial score (nSPS) is 13.8. The van der Waals surface area contributed by atoms with Crippen LogP contribution < -0.4 is 10.9 Å². The van der Waals surface area contributed by atoms with E-state index in [1.165, 1.54) is 34.4 Å². The van der Waals surface area contributed by atoms with Crippen molar-refractivity contribution in [3.8, 4) is 0 Å². The third-order valence-electron chi connectivity index (χ3n) is 5.29. The van der Waals surface area contributed by atoms with E-state index >= 15 is 0 Å². The van der Waals surface area contributed by atoms with Gasteiger partial charge in [0.2, 0.25) is 5.95 Å². The molecule has 4 nitrogen and oxygen atoms in total. The summed E-state index contributed by atoms with van der Waals surface area (Å²) in [5.74, 6) is 0.659. The second kappa shape index (κ2) is 6.88. The second-order valence-corrected chi connectivity index (χ2v) is 8.29. The summed E-state index contributed by atoms with van der Waals surface area (Å²) in [6.07, 6.45) is 5.40. The minimum Gasteiger partial charge on any atom is -0.325 e. The number of nitrogens with one attached hydrogen (secondary N) is 1. The molecule has 1 aliphatic carbocycles. The summed E-state index contributed by atoms with van der Waals surface area (Å²) >= 11 is 1.71. The Hall–Kier alpha value is -2.14. The van der Waals surface area contributed by atoms with Gasteiger partial charge in [0, 0.05) is 17.1 Å². The molecule has 0 unspecified atom stereocenters. The number of hydrogen-bond donors (Lipinski definition) is 1. The fourth-order valence-corrected chi connectivity index (χ4v) is 4.97. The highest BCUT2D eigenvalue weighted by Gasteiger charge is 2.22. The van der Waals surface area contributed by atoms with Crippen molar-refractivity contribution in [3.63, 3.8) is 0 Å². The van der Waals surface area contributed by atoms with Crippen molar-refractivity contribution in [1.29, 1.82) is 0 Å². The predicted octanol–water partition coefficient (Wildman–Crippen LogP) is 5.11. The lowest BCUT2D eigenvalue weighted by atomic mass is 9.97. The van der Waals surface area contributed by atoms with Crippen LogP contribution in [-0.4, -0.2) is 9.55 Å². The molecule has 0 saturated heterocycles. The molecule has 0 atom stereocenters. The number of fused-ring (bicyclic) bond motifs is 3. The first-order valence-corrected chi connectivity index (χ1v) is 10.3. The molecular weight excluding hydrogens is 342 g/mol. The molecule has 0 amide bonds. The van der Waals surface area contributed by atoms with Crippen LogP contribution in [0.1, 0.15) is 47.8 Å². The fraction of sp³-hybridized carbons (Fsp3) is 0.429. The zero-order valence-electron chi connectivity index (χ0n) is 15.7. The number of aromatic nitrogens is 2. The fourth-order valence-electron chi connectivity index (χ4n) is 3.71. The van der Waals surface area contributed by atoms with Gasteiger partial charge in [-0.2, -0.15) is 0 Å². The summed E-state index contributed by atoms with van der Waals surface area (Å²) in [6, 6.07) is 6.26. The van der Waals surface area contributed by atoms with E-state index in [4.69, 9.17) is 4.98 Å². The standard InChI is InChI=1S/C21H25N3OS/c1-4-11-24-20(25)18-16-7-5-6-8-17(16)26-19(18)23-21(24)22-15-10-9-13(2)14(3)12-15/h9-10,12H,4-8,11H2,1-3H3,(H,22,23). The summed E-state index contributed by atoms with van der Waals surface area (Å²) < 4.78 is 1.82. The molecule has 2 aromatic heterocycles. The predicted molar refractivity (Wildman–Crippen MR) is 110 cm³/mol. The maximum Gasteiger partial charge on any atom is 0.263 e. The molecule has 0 spiro atoms. The van der Waals surface area contributed by atoms with Crippen molar-refractivity contribution in [3.05, 3.63) is 50.1 Å². The largest absolute Gasteiger partial charge is 0.325 e. The lowest BCUT2D eigenvalue weighted by Crippen LogP contribution is -2.24. The van der Waals surface area contributed by atoms with Gasteiger partial charge in [-0.15, -0.1) is 11.3 Å². The van der Waals surface area contributed by atoms with Crippen LogP contribution in [0, 0.1) is 13.8 Å². The highest BCUT2D eigenvalue weighted by Crippen LogP contribution is 2.34. The molecule has 26 heavy (non-hydrogen) atoms. The maximum atomic E-state index is 13.3. The summed E-state index contributed by atoms with van der Waals surface area (Å²) in [5.41, 5.74) is 4.84. The number of rotatable bonds is 4. The van der Waals surface area contributed by atoms with Gasteiger partial charge in [-0.1, -0.05) is 13.0 Å². The number of anilines is 2. The van der Waals surface area contributed by atoms with E-state index in [9.17, 15) is 4.79 Å². The van der Waals surface area contributed by atoms with Crippen molar-refractivity contribution in [2.45, 2.75) is 59.4 Å². The number of aryl methyl sites for hydroxylation is 4. The third kappa shape index (κ3) is 2.94. The molecule has 4 rings (SSSR count). The molecule has 0 saturated carbocycles. The summed E-state index contributed by atoms with van der Waals surface area (Å²) in [4.78, 5) is 20.4. The van der Waals surface area contributed by atoms with Crippen LogP contribution in [0.3, 0.4) is 0 Å². The third-order valence-corrected chi connectivity index (χ3v) is 6.47. The summed E-state index contributed by atoms with van der Waals surface area (Å²) in [7, 11) is 0. The smallest absolute Gasteiger partial charge is 0.263 e. The molecular formula is C21H25N3OS. The molecule has 5 heteroatoms. The quantitative estimate of drug-likeness (QED) is 0.697. The Morgan fingerprint density at radius 3 is 2.77 bits per heavy atom. The molecule has 136 valence electrons. The highest BCUT2D eigenvalue weighted by atomic mass is 32.1. The van der Waals surface area contributed by atoms with Gasteiger partial charge in [-0.3, -0.25) is 9.36 Å². The summed E-state index contributed by atoms with van der Waals surface area (Å²) in [6.45, 7) is 6.98. The summed E-state index contributed by atoms with van der Waals surface area (Å²) in [5, 5.41) is 4.26. The average Bonchev–Trinajstić information content (AvgIpc) is 3.00. The van der Waals surface area contributed by atoms with E-state index in [0.717, 1.165) is 35.2 Å². The highest BCUT2D eigenvalue weighted by molar-refractivity contribution is 7.18.